The monoisotopic (exact) mass is 1600 g/mol. The van der Waals surface area contributed by atoms with Crippen LogP contribution in [0.2, 0.25) is 0 Å². The number of alkyl halides is 3. The maximum absolute atomic E-state index is 11.5. The number of nitrogen functional groups attached to an aromatic ring is 1. The number of carbonyl (C=O) groups excluding carboxylic acids is 2. The summed E-state index contributed by atoms with van der Waals surface area (Å²) in [5.41, 5.74) is 11.0. The summed E-state index contributed by atoms with van der Waals surface area (Å²) in [4.78, 5) is 66.6. The average molecular weight is 1600 g/mol. The van der Waals surface area contributed by atoms with Gasteiger partial charge in [-0.1, -0.05) is 93.6 Å². The second-order valence-corrected chi connectivity index (χ2v) is 28.0. The number of aliphatic hydroxyl groups is 1. The number of aliphatic carboxylic acids is 4. The van der Waals surface area contributed by atoms with Crippen LogP contribution in [-0.4, -0.2) is 136 Å². The maximum atomic E-state index is 11.5. The molecule has 0 aliphatic heterocycles. The van der Waals surface area contributed by atoms with Crippen molar-refractivity contribution in [3.63, 3.8) is 0 Å². The van der Waals surface area contributed by atoms with Gasteiger partial charge in [-0.25, -0.2) is 16.8 Å². The maximum Gasteiger partial charge on any atom is 1.00 e. The Balaban J connectivity index is -0.000000248. The summed E-state index contributed by atoms with van der Waals surface area (Å²) in [7, 11) is -7.32. The van der Waals surface area contributed by atoms with Crippen molar-refractivity contribution in [3.05, 3.63) is 179 Å². The molecule has 0 amide bonds. The van der Waals surface area contributed by atoms with Gasteiger partial charge in [-0.05, 0) is 171 Å². The summed E-state index contributed by atoms with van der Waals surface area (Å²) in [5.74, 6) is -1.87. The molecule has 6 aromatic rings. The third kappa shape index (κ3) is 60.5. The zero-order valence-electron chi connectivity index (χ0n) is 56.4. The summed E-state index contributed by atoms with van der Waals surface area (Å²) in [6.07, 6.45) is 0.991. The molecule has 97 heavy (non-hydrogen) atoms. The molecule has 531 valence electrons. The molecule has 0 saturated heterocycles. The van der Waals surface area contributed by atoms with Crippen molar-refractivity contribution < 1.29 is 156 Å². The first-order chi connectivity index (χ1) is 45.1. The Bertz CT molecular complexity index is 3260. The minimum Gasteiger partial charge on any atom is -0.514 e. The SMILES string of the molecule is CCO.CCOC(=S)Sc1ccc(CC(=O)O)cc1.CCOC(=S)[S-].CCS(=O)(=O)c1ccc(CC(=O)O)cc1.CCS(=O)(=O)c1ccc(CC(C)=O)cc1.CCSc1ccc(CC(C)=O)cc1.ClCCl.Nc1ccc(CC(=O)O)cc1.O=C(O)Cc1ccc(S)cc1.[2H]CF.[K+].[V]. The zero-order chi connectivity index (χ0) is 74.2. The molecule has 0 saturated carbocycles. The number of Topliss-reactive ketones (excluding diaryl/α,β-unsaturated/α-hetero) is 2. The molecule has 0 spiro atoms. The summed E-state index contributed by atoms with van der Waals surface area (Å²) in [5, 5.41) is 41.7. The smallest absolute Gasteiger partial charge is 0.514 e. The molecule has 0 aliphatic carbocycles. The van der Waals surface area contributed by atoms with E-state index in [-0.39, 0.29) is 140 Å². The molecule has 31 heteroatoms. The van der Waals surface area contributed by atoms with Crippen LogP contribution in [0.15, 0.2) is 170 Å². The molecule has 0 heterocycles. The van der Waals surface area contributed by atoms with Crippen LogP contribution >= 0.6 is 83.8 Å². The Morgan fingerprint density at radius 1 is 0.546 bits per heavy atom. The van der Waals surface area contributed by atoms with Crippen molar-refractivity contribution in [1.29, 1.82) is 0 Å². The number of nitrogens with two attached hydrogens (primary N) is 1. The molecule has 0 aliphatic rings. The van der Waals surface area contributed by atoms with Crippen LogP contribution in [-0.2, 0) is 128 Å². The van der Waals surface area contributed by atoms with Gasteiger partial charge in [0.05, 0.1) is 74.1 Å². The first kappa shape index (κ1) is 102. The Kier molecular flexibility index (Phi) is 67.2. The normalized spacial score (nSPS) is 9.64. The number of carboxylic acid groups (broad SMARTS) is 4. The number of ketones is 2. The van der Waals surface area contributed by atoms with Gasteiger partial charge in [0.2, 0.25) is 4.38 Å². The van der Waals surface area contributed by atoms with Gasteiger partial charge in [0.25, 0.3) is 0 Å². The van der Waals surface area contributed by atoms with Gasteiger partial charge in [-0.15, -0.1) is 47.6 Å². The first-order valence-electron chi connectivity index (χ1n) is 29.0. The Labute approximate surface area is 667 Å². The van der Waals surface area contributed by atoms with Gasteiger partial charge in [-0.2, -0.15) is 0 Å². The fourth-order valence-electron chi connectivity index (χ4n) is 6.39. The van der Waals surface area contributed by atoms with Crippen molar-refractivity contribution in [3.8, 4) is 0 Å². The number of thiocarbonyl (C=S) groups is 2. The van der Waals surface area contributed by atoms with Gasteiger partial charge in [0.1, 0.15) is 11.6 Å². The Morgan fingerprint density at radius 3 is 1.04 bits per heavy atom. The second-order valence-electron chi connectivity index (χ2n) is 18.1. The number of hydrogen-bond donors (Lipinski definition) is 7. The van der Waals surface area contributed by atoms with E-state index in [9.17, 15) is 50.0 Å². The number of anilines is 1. The van der Waals surface area contributed by atoms with Crippen molar-refractivity contribution in [1.82, 2.24) is 0 Å². The predicted molar refractivity (Wildman–Crippen MR) is 394 cm³/mol. The molecule has 0 bridgehead atoms. The van der Waals surface area contributed by atoms with Crippen molar-refractivity contribution in [2.24, 2.45) is 0 Å². The number of carboxylic acids is 4. The Morgan fingerprint density at radius 2 is 0.804 bits per heavy atom. The number of hydrogen-bond acceptors (Lipinski definition) is 20. The fraction of sp³-hybridized carbons (Fsp3) is 0.333. The van der Waals surface area contributed by atoms with Crippen LogP contribution in [0.1, 0.15) is 90.1 Å². The molecule has 6 aromatic carbocycles. The van der Waals surface area contributed by atoms with E-state index in [0.717, 1.165) is 43.4 Å². The molecular formula is C66H85Cl2FKNO17S8V. The van der Waals surface area contributed by atoms with Gasteiger partial charge in [-0.3, -0.25) is 33.2 Å². The summed E-state index contributed by atoms with van der Waals surface area (Å²) < 4.78 is 71.7. The van der Waals surface area contributed by atoms with E-state index in [4.69, 9.17) is 72.8 Å². The van der Waals surface area contributed by atoms with Crippen molar-refractivity contribution in [2.75, 3.05) is 55.3 Å². The van der Waals surface area contributed by atoms with Crippen LogP contribution in [0.25, 0.3) is 0 Å². The van der Waals surface area contributed by atoms with Crippen LogP contribution in [0, 0.1) is 0 Å². The molecule has 0 fully saturated rings. The van der Waals surface area contributed by atoms with Gasteiger partial charge < -0.3 is 65.6 Å². The number of ether oxygens (including phenoxy) is 2. The quantitative estimate of drug-likeness (QED) is 0.00670. The third-order valence-electron chi connectivity index (χ3n) is 10.5. The molecular weight excluding hydrogens is 1520 g/mol. The topological polar surface area (TPSA) is 316 Å². The molecule has 0 unspecified atom stereocenters. The number of sulfone groups is 2. The molecule has 7 N–H and O–H groups in total. The van der Waals surface area contributed by atoms with Crippen LogP contribution in [0.5, 0.6) is 0 Å². The van der Waals surface area contributed by atoms with E-state index in [1.54, 1.807) is 113 Å². The second kappa shape index (κ2) is 64.1. The van der Waals surface area contributed by atoms with E-state index >= 15 is 0 Å². The summed E-state index contributed by atoms with van der Waals surface area (Å²) >= 11 is 30.5. The van der Waals surface area contributed by atoms with Crippen molar-refractivity contribution >= 4 is 166 Å². The largest absolute Gasteiger partial charge is 1.00 e. The number of aliphatic hydroxyl groups excluding tert-OH is 1. The Hall–Kier alpha value is -4.02. The fourth-order valence-corrected chi connectivity index (χ4v) is 10.3. The molecule has 18 nitrogen and oxygen atoms in total. The number of thioether (sulfide) groups is 2. The summed E-state index contributed by atoms with van der Waals surface area (Å²) in [6, 6.07) is 41.7. The number of benzene rings is 6. The van der Waals surface area contributed by atoms with E-state index in [0.29, 0.717) is 46.6 Å². The molecule has 6 rings (SSSR count). The van der Waals surface area contributed by atoms with E-state index in [1.807, 2.05) is 49.9 Å². The van der Waals surface area contributed by atoms with Crippen LogP contribution in [0.4, 0.5) is 10.1 Å². The van der Waals surface area contributed by atoms with Crippen molar-refractivity contribution in [2.45, 2.75) is 118 Å². The number of halogens is 3. The zero-order valence-corrected chi connectivity index (χ0v) is 68.0. The van der Waals surface area contributed by atoms with E-state index in [1.165, 1.54) is 47.8 Å². The third-order valence-corrected chi connectivity index (χ3v) is 16.5. The van der Waals surface area contributed by atoms with Crippen LogP contribution < -0.4 is 57.1 Å². The minimum absolute atomic E-state index is 0. The molecule has 0 aromatic heterocycles. The first-order valence-corrected chi connectivity index (χ1v) is 36.2. The molecule has 0 atom stereocenters. The average Bonchev–Trinajstić information content (AvgIpc) is 0.873. The van der Waals surface area contributed by atoms with Crippen LogP contribution in [0.3, 0.4) is 0 Å². The minimum atomic E-state index is -3.19. The van der Waals surface area contributed by atoms with Gasteiger partial charge >= 0.3 is 75.3 Å². The standard InChI is InChI=1S/C11H12O3S2.C11H14O3S.C11H14OS.C10H12O4S.C8H9NO2.C8H8O2S.C3H6OS2.C2H6O.CH2Cl2.CH3F.K.V/c1-2-14-11(15)16-9-5-3-8(4-6-9)7-10(12)13;1-3-15(13,14)11-6-4-10(5-7-11)8-9(2)12;1-3-13-11-6-4-10(5-7-11)8-9(2)12;1-2-15(13,14)9-5-3-8(4-6-9)7-10(11)12;9-7-3-1-6(2-4-7)5-8(10)11;9-8(10)5-6-1-3-7(11)4-2-6;1-2-4-3(5)6;1-2-3;2-1-3;1-2;;/h3-6H,2,7H2,1H3,(H,12,13);4-7H,3,8H2,1-2H3;4-7H,3,8H2,1-2H3;3-6H,2,7H2,1H3,(H,11,12);1-4H,5,9H2,(H,10,11);1-4,11H,5H2,(H,9,10);2H2,1H3,(H,5,6);3H,2H2,1H3;1H2;1H3;;/q;;;;;;;;;;+1;/p-1/i;;;;;;;;;1D;;. The summed E-state index contributed by atoms with van der Waals surface area (Å²) in [6.45, 7) is 15.2. The number of rotatable bonds is 21. The predicted octanol–water partition coefficient (Wildman–Crippen LogP) is 10.7. The van der Waals surface area contributed by atoms with E-state index in [2.05, 4.69) is 61.3 Å². The van der Waals surface area contributed by atoms with E-state index < -0.39 is 50.7 Å². The van der Waals surface area contributed by atoms with Gasteiger partial charge in [0, 0.05) is 62.8 Å². The number of thiol groups is 1. The van der Waals surface area contributed by atoms with Gasteiger partial charge in [0.15, 0.2) is 19.7 Å². The number of carbonyl (C=O) groups is 6. The molecule has 1 radical (unpaired) electrons.